The second kappa shape index (κ2) is 3.93. The van der Waals surface area contributed by atoms with Gasteiger partial charge in [0.15, 0.2) is 0 Å². The molecule has 1 aliphatic carbocycles. The Morgan fingerprint density at radius 2 is 2.08 bits per heavy atom. The van der Waals surface area contributed by atoms with Crippen LogP contribution in [0.4, 0.5) is 0 Å². The van der Waals surface area contributed by atoms with Crippen molar-refractivity contribution in [3.8, 4) is 0 Å². The molecule has 0 heterocycles. The van der Waals surface area contributed by atoms with E-state index in [2.05, 4.69) is 45.9 Å². The second-order valence-corrected chi connectivity index (χ2v) is 4.42. The van der Waals surface area contributed by atoms with Crippen molar-refractivity contribution < 1.29 is 0 Å². The van der Waals surface area contributed by atoms with E-state index in [1.165, 1.54) is 12.0 Å². The zero-order valence-corrected chi connectivity index (χ0v) is 8.67. The van der Waals surface area contributed by atoms with E-state index in [1.54, 1.807) is 0 Å². The first-order chi connectivity index (χ1) is 5.59. The predicted octanol–water partition coefficient (Wildman–Crippen LogP) is 3.80. The Hall–Kier alpha value is -0.520. The predicted molar refractivity (Wildman–Crippen MR) is 55.0 cm³/mol. The zero-order valence-electron chi connectivity index (χ0n) is 8.67. The Morgan fingerprint density at radius 3 is 2.58 bits per heavy atom. The van der Waals surface area contributed by atoms with Crippen molar-refractivity contribution in [3.05, 3.63) is 23.8 Å². The number of rotatable bonds is 2. The van der Waals surface area contributed by atoms with Gasteiger partial charge in [-0.2, -0.15) is 0 Å². The van der Waals surface area contributed by atoms with Gasteiger partial charge in [-0.05, 0) is 31.1 Å². The van der Waals surface area contributed by atoms with E-state index >= 15 is 0 Å². The lowest BCUT2D eigenvalue weighted by molar-refractivity contribution is 0.402. The maximum atomic E-state index is 2.38. The summed E-state index contributed by atoms with van der Waals surface area (Å²) in [5.74, 6) is 2.32. The van der Waals surface area contributed by atoms with Crippen molar-refractivity contribution in [1.29, 1.82) is 0 Å². The van der Waals surface area contributed by atoms with Crippen LogP contribution in [-0.2, 0) is 0 Å². The molecule has 68 valence electrons. The van der Waals surface area contributed by atoms with Gasteiger partial charge in [0, 0.05) is 0 Å². The molecule has 12 heavy (non-hydrogen) atoms. The van der Waals surface area contributed by atoms with Crippen LogP contribution in [-0.4, -0.2) is 0 Å². The highest BCUT2D eigenvalue weighted by molar-refractivity contribution is 5.23. The van der Waals surface area contributed by atoms with Gasteiger partial charge in [0.2, 0.25) is 0 Å². The van der Waals surface area contributed by atoms with E-state index in [9.17, 15) is 0 Å². The van der Waals surface area contributed by atoms with Crippen molar-refractivity contribution in [2.24, 2.45) is 17.8 Å². The molecule has 2 unspecified atom stereocenters. The molecule has 1 rings (SSSR count). The maximum absolute atomic E-state index is 2.38. The summed E-state index contributed by atoms with van der Waals surface area (Å²) < 4.78 is 0. The van der Waals surface area contributed by atoms with Crippen LogP contribution < -0.4 is 0 Å². The summed E-state index contributed by atoms with van der Waals surface area (Å²) in [6.45, 7) is 9.09. The molecule has 0 amide bonds. The van der Waals surface area contributed by atoms with E-state index < -0.39 is 0 Å². The summed E-state index contributed by atoms with van der Waals surface area (Å²) in [6.07, 6.45) is 8.33. The molecule has 1 aliphatic rings. The van der Waals surface area contributed by atoms with Crippen LogP contribution in [0.5, 0.6) is 0 Å². The summed E-state index contributed by atoms with van der Waals surface area (Å²) >= 11 is 0. The minimum Gasteiger partial charge on any atom is -0.0806 e. The van der Waals surface area contributed by atoms with Crippen LogP contribution in [0.15, 0.2) is 23.8 Å². The molecule has 0 saturated heterocycles. The monoisotopic (exact) mass is 164 g/mol. The summed E-state index contributed by atoms with van der Waals surface area (Å²) in [5, 5.41) is 0. The fraction of sp³-hybridized carbons (Fsp3) is 0.667. The smallest absolute Gasteiger partial charge is 0.0167 e. The van der Waals surface area contributed by atoms with Crippen LogP contribution >= 0.6 is 0 Å². The van der Waals surface area contributed by atoms with Crippen LogP contribution in [0, 0.1) is 17.8 Å². The average molecular weight is 164 g/mol. The molecule has 0 nitrogen and oxygen atoms in total. The van der Waals surface area contributed by atoms with Gasteiger partial charge in [-0.25, -0.2) is 0 Å². The first-order valence-corrected chi connectivity index (χ1v) is 4.96. The lowest BCUT2D eigenvalue weighted by Crippen LogP contribution is -2.12. The van der Waals surface area contributed by atoms with Crippen LogP contribution in [0.3, 0.4) is 0 Å². The lowest BCUT2D eigenvalue weighted by atomic mass is 9.82. The molecule has 0 aromatic carbocycles. The lowest BCUT2D eigenvalue weighted by Gasteiger charge is -2.23. The molecule has 0 radical (unpaired) electrons. The minimum absolute atomic E-state index is 0.734. The third kappa shape index (κ3) is 2.51. The Bertz CT molecular complexity index is 196. The van der Waals surface area contributed by atoms with Crippen molar-refractivity contribution >= 4 is 0 Å². The number of hydrogen-bond acceptors (Lipinski definition) is 0. The molecule has 0 aliphatic heterocycles. The fourth-order valence-corrected chi connectivity index (χ4v) is 1.88. The summed E-state index contributed by atoms with van der Waals surface area (Å²) in [5.41, 5.74) is 1.42. The molecule has 0 bridgehead atoms. The van der Waals surface area contributed by atoms with E-state index in [-0.39, 0.29) is 0 Å². The first-order valence-electron chi connectivity index (χ1n) is 4.96. The third-order valence-corrected chi connectivity index (χ3v) is 2.55. The van der Waals surface area contributed by atoms with Crippen molar-refractivity contribution in [3.63, 3.8) is 0 Å². The normalized spacial score (nSPS) is 29.2. The van der Waals surface area contributed by atoms with Crippen molar-refractivity contribution in [2.75, 3.05) is 0 Å². The van der Waals surface area contributed by atoms with E-state index in [4.69, 9.17) is 0 Å². The van der Waals surface area contributed by atoms with Gasteiger partial charge in [0.25, 0.3) is 0 Å². The average Bonchev–Trinajstić information content (AvgIpc) is 1.94. The quantitative estimate of drug-likeness (QED) is 0.582. The maximum Gasteiger partial charge on any atom is -0.0167 e. The fourth-order valence-electron chi connectivity index (χ4n) is 1.88. The van der Waals surface area contributed by atoms with E-state index in [0.717, 1.165) is 17.8 Å². The highest BCUT2D eigenvalue weighted by atomic mass is 14.2. The van der Waals surface area contributed by atoms with Crippen molar-refractivity contribution in [1.82, 2.24) is 0 Å². The van der Waals surface area contributed by atoms with Crippen LogP contribution in [0.25, 0.3) is 0 Å². The van der Waals surface area contributed by atoms with Gasteiger partial charge >= 0.3 is 0 Å². The molecule has 2 atom stereocenters. The summed E-state index contributed by atoms with van der Waals surface area (Å²) in [4.78, 5) is 0. The van der Waals surface area contributed by atoms with E-state index in [0.29, 0.717) is 0 Å². The van der Waals surface area contributed by atoms with Crippen molar-refractivity contribution in [2.45, 2.75) is 34.1 Å². The molecular weight excluding hydrogens is 144 g/mol. The number of allylic oxidation sites excluding steroid dienone is 4. The largest absolute Gasteiger partial charge is 0.0806 e. The van der Waals surface area contributed by atoms with Gasteiger partial charge in [0.05, 0.1) is 0 Å². The highest BCUT2D eigenvalue weighted by Gasteiger charge is 2.16. The topological polar surface area (TPSA) is 0 Å². The first kappa shape index (κ1) is 9.57. The Labute approximate surface area is 76.4 Å². The van der Waals surface area contributed by atoms with Crippen LogP contribution in [0.1, 0.15) is 34.1 Å². The van der Waals surface area contributed by atoms with Gasteiger partial charge < -0.3 is 0 Å². The second-order valence-electron chi connectivity index (χ2n) is 4.42. The molecule has 0 N–H and O–H groups in total. The zero-order chi connectivity index (χ0) is 9.14. The van der Waals surface area contributed by atoms with Gasteiger partial charge in [-0.3, -0.25) is 0 Å². The molecule has 0 aromatic heterocycles. The third-order valence-electron chi connectivity index (χ3n) is 2.55. The summed E-state index contributed by atoms with van der Waals surface area (Å²) in [7, 11) is 0. The Morgan fingerprint density at radius 1 is 1.42 bits per heavy atom. The molecule has 0 saturated carbocycles. The number of hydrogen-bond donors (Lipinski definition) is 0. The molecule has 0 heteroatoms. The molecule has 0 fully saturated rings. The Kier molecular flexibility index (Phi) is 3.13. The van der Waals surface area contributed by atoms with Gasteiger partial charge in [0.1, 0.15) is 0 Å². The van der Waals surface area contributed by atoms with Gasteiger partial charge in [-0.15, -0.1) is 0 Å². The summed E-state index contributed by atoms with van der Waals surface area (Å²) in [6, 6.07) is 0. The van der Waals surface area contributed by atoms with Crippen LogP contribution in [0.2, 0.25) is 0 Å². The SMILES string of the molecule is CC1=CC(C)C(CC(C)C)C=C1. The molecular formula is C12H20. The Balaban J connectivity index is 2.54. The highest BCUT2D eigenvalue weighted by Crippen LogP contribution is 2.27. The molecule has 0 spiro atoms. The standard InChI is InChI=1S/C12H20/c1-9(2)7-12-6-5-10(3)8-11(12)4/h5-6,8-9,11-12H,7H2,1-4H3. The molecule has 0 aromatic rings. The van der Waals surface area contributed by atoms with Gasteiger partial charge in [-0.1, -0.05) is 44.6 Å². The van der Waals surface area contributed by atoms with E-state index in [1.807, 2.05) is 0 Å². The minimum atomic E-state index is 0.734.